The molecule has 32 heavy (non-hydrogen) atoms. The molecule has 0 spiro atoms. The number of anilines is 1. The van der Waals surface area contributed by atoms with Gasteiger partial charge in [0.15, 0.2) is 0 Å². The van der Waals surface area contributed by atoms with Crippen LogP contribution in [0.4, 0.5) is 18.9 Å². The van der Waals surface area contributed by atoms with Crippen LogP contribution in [0.1, 0.15) is 28.0 Å². The minimum atomic E-state index is -4.79. The van der Waals surface area contributed by atoms with Gasteiger partial charge in [0.2, 0.25) is 0 Å². The fraction of sp³-hybridized carbons (Fsp3) is 0.136. The van der Waals surface area contributed by atoms with Gasteiger partial charge in [-0.05, 0) is 42.5 Å². The zero-order chi connectivity index (χ0) is 22.9. The van der Waals surface area contributed by atoms with Crippen LogP contribution in [-0.4, -0.2) is 22.8 Å². The fourth-order valence-electron chi connectivity index (χ4n) is 3.31. The summed E-state index contributed by atoms with van der Waals surface area (Å²) in [4.78, 5) is 21.3. The summed E-state index contributed by atoms with van der Waals surface area (Å²) in [6.07, 6.45) is -3.91. The van der Waals surface area contributed by atoms with Crippen LogP contribution in [0.25, 0.3) is 0 Å². The largest absolute Gasteiger partial charge is 0.435 e. The van der Waals surface area contributed by atoms with E-state index >= 15 is 0 Å². The molecular formula is C22H14Cl2F3N3O2. The van der Waals surface area contributed by atoms with E-state index in [1.165, 1.54) is 18.3 Å². The summed E-state index contributed by atoms with van der Waals surface area (Å²) >= 11 is 11.8. The lowest BCUT2D eigenvalue weighted by molar-refractivity contribution is -0.275. The van der Waals surface area contributed by atoms with E-state index in [2.05, 4.69) is 15.5 Å². The summed E-state index contributed by atoms with van der Waals surface area (Å²) in [5, 5.41) is 6.49. The molecule has 1 aliphatic heterocycles. The second kappa shape index (κ2) is 8.44. The van der Waals surface area contributed by atoms with Crippen LogP contribution >= 0.6 is 23.2 Å². The topological polar surface area (TPSA) is 63.6 Å². The number of pyridine rings is 1. The SMILES string of the molecule is O=C(Nc1cccc(C2=NOC(c3cc(Cl)cc(Cl)c3)(C(F)(F)F)C2)c1)c1ccccn1. The molecule has 5 nitrogen and oxygen atoms in total. The number of aromatic nitrogens is 1. The number of nitrogens with zero attached hydrogens (tertiary/aromatic N) is 2. The van der Waals surface area contributed by atoms with E-state index in [-0.39, 0.29) is 27.0 Å². The van der Waals surface area contributed by atoms with E-state index in [9.17, 15) is 18.0 Å². The lowest BCUT2D eigenvalue weighted by Crippen LogP contribution is -2.42. The second-order valence-corrected chi connectivity index (χ2v) is 7.91. The first kappa shape index (κ1) is 22.1. The van der Waals surface area contributed by atoms with Gasteiger partial charge in [-0.15, -0.1) is 0 Å². The van der Waals surface area contributed by atoms with Crippen molar-refractivity contribution in [2.24, 2.45) is 5.16 Å². The smallest absolute Gasteiger partial charge is 0.374 e. The Morgan fingerprint density at radius 3 is 2.44 bits per heavy atom. The van der Waals surface area contributed by atoms with Gasteiger partial charge in [-0.2, -0.15) is 13.2 Å². The minimum absolute atomic E-state index is 0.0485. The van der Waals surface area contributed by atoms with Crippen molar-refractivity contribution in [3.8, 4) is 0 Å². The van der Waals surface area contributed by atoms with Crippen LogP contribution in [0, 0.1) is 0 Å². The van der Waals surface area contributed by atoms with E-state index in [0.717, 1.165) is 12.1 Å². The molecule has 3 aromatic rings. The Kier molecular flexibility index (Phi) is 5.83. The molecule has 0 saturated heterocycles. The minimum Gasteiger partial charge on any atom is -0.374 e. The van der Waals surface area contributed by atoms with Gasteiger partial charge in [-0.3, -0.25) is 9.78 Å². The molecular weight excluding hydrogens is 466 g/mol. The maximum absolute atomic E-state index is 14.1. The average Bonchev–Trinajstić information content (AvgIpc) is 3.21. The van der Waals surface area contributed by atoms with Crippen molar-refractivity contribution in [2.45, 2.75) is 18.2 Å². The Hall–Kier alpha value is -3.10. The van der Waals surface area contributed by atoms with Crippen molar-refractivity contribution in [1.29, 1.82) is 0 Å². The van der Waals surface area contributed by atoms with Crippen LogP contribution < -0.4 is 5.32 Å². The molecule has 1 aliphatic rings. The van der Waals surface area contributed by atoms with Gasteiger partial charge in [0, 0.05) is 39.5 Å². The molecule has 0 saturated carbocycles. The molecule has 0 fully saturated rings. The Morgan fingerprint density at radius 1 is 1.03 bits per heavy atom. The van der Waals surface area contributed by atoms with Gasteiger partial charge in [0.1, 0.15) is 5.69 Å². The summed E-state index contributed by atoms with van der Waals surface area (Å²) < 4.78 is 42.4. The molecule has 1 N–H and O–H groups in total. The number of carbonyl (C=O) groups excluding carboxylic acids is 1. The average molecular weight is 480 g/mol. The zero-order valence-corrected chi connectivity index (χ0v) is 17.7. The highest BCUT2D eigenvalue weighted by Crippen LogP contribution is 2.49. The molecule has 4 rings (SSSR count). The monoisotopic (exact) mass is 479 g/mol. The van der Waals surface area contributed by atoms with E-state index in [4.69, 9.17) is 28.0 Å². The van der Waals surface area contributed by atoms with Gasteiger partial charge in [0.05, 0.1) is 5.71 Å². The van der Waals surface area contributed by atoms with Gasteiger partial charge < -0.3 is 10.2 Å². The standard InChI is InChI=1S/C22H14Cl2F3N3O2/c23-15-9-14(10-16(24)11-15)21(22(25,26)27)12-19(30-32-21)13-4-3-5-17(8-13)29-20(31)18-6-1-2-7-28-18/h1-11H,12H2,(H,29,31). The number of oxime groups is 1. The Labute approximate surface area is 190 Å². The van der Waals surface area contributed by atoms with Crippen LogP contribution in [-0.2, 0) is 10.4 Å². The maximum Gasteiger partial charge on any atom is 0.435 e. The predicted octanol–water partition coefficient (Wildman–Crippen LogP) is 6.22. The lowest BCUT2D eigenvalue weighted by Gasteiger charge is -2.29. The Bertz CT molecular complexity index is 1180. The maximum atomic E-state index is 14.1. The summed E-state index contributed by atoms with van der Waals surface area (Å²) in [5.41, 5.74) is -1.98. The number of carbonyl (C=O) groups is 1. The van der Waals surface area contributed by atoms with E-state index < -0.39 is 24.1 Å². The normalized spacial score (nSPS) is 18.1. The van der Waals surface area contributed by atoms with E-state index in [1.807, 2.05) is 0 Å². The fourth-order valence-corrected chi connectivity index (χ4v) is 3.84. The second-order valence-electron chi connectivity index (χ2n) is 7.04. The third-order valence-corrected chi connectivity index (χ3v) is 5.30. The molecule has 1 unspecified atom stereocenters. The number of hydrogen-bond donors (Lipinski definition) is 1. The van der Waals surface area contributed by atoms with Crippen molar-refractivity contribution in [2.75, 3.05) is 5.32 Å². The highest BCUT2D eigenvalue weighted by Gasteiger charge is 2.62. The van der Waals surface area contributed by atoms with Crippen LogP contribution in [0.2, 0.25) is 10.0 Å². The van der Waals surface area contributed by atoms with Gasteiger partial charge in [-0.25, -0.2) is 0 Å². The van der Waals surface area contributed by atoms with Crippen molar-refractivity contribution in [3.05, 3.63) is 93.7 Å². The number of nitrogens with one attached hydrogen (secondary N) is 1. The van der Waals surface area contributed by atoms with Crippen molar-refractivity contribution < 1.29 is 22.8 Å². The number of benzene rings is 2. The first-order valence-electron chi connectivity index (χ1n) is 9.29. The highest BCUT2D eigenvalue weighted by molar-refractivity contribution is 6.34. The molecule has 2 heterocycles. The van der Waals surface area contributed by atoms with E-state index in [0.29, 0.717) is 11.3 Å². The van der Waals surface area contributed by atoms with Crippen molar-refractivity contribution >= 4 is 40.5 Å². The van der Waals surface area contributed by atoms with Gasteiger partial charge in [-0.1, -0.05) is 46.6 Å². The molecule has 0 bridgehead atoms. The zero-order valence-electron chi connectivity index (χ0n) is 16.2. The molecule has 0 aliphatic carbocycles. The molecule has 2 aromatic carbocycles. The van der Waals surface area contributed by atoms with Crippen molar-refractivity contribution in [3.63, 3.8) is 0 Å². The quantitative estimate of drug-likeness (QED) is 0.482. The summed E-state index contributed by atoms with van der Waals surface area (Å²) in [7, 11) is 0. The number of halogens is 5. The molecule has 1 aromatic heterocycles. The first-order valence-corrected chi connectivity index (χ1v) is 10.0. The summed E-state index contributed by atoms with van der Waals surface area (Å²) in [6, 6.07) is 14.8. The van der Waals surface area contributed by atoms with Crippen LogP contribution in [0.15, 0.2) is 72.0 Å². The van der Waals surface area contributed by atoms with Crippen LogP contribution in [0.5, 0.6) is 0 Å². The summed E-state index contributed by atoms with van der Waals surface area (Å²) in [6.45, 7) is 0. The molecule has 164 valence electrons. The molecule has 1 atom stereocenters. The predicted molar refractivity (Wildman–Crippen MR) is 115 cm³/mol. The van der Waals surface area contributed by atoms with Gasteiger partial charge >= 0.3 is 6.18 Å². The highest BCUT2D eigenvalue weighted by atomic mass is 35.5. The number of amides is 1. The Morgan fingerprint density at radius 2 is 1.78 bits per heavy atom. The lowest BCUT2D eigenvalue weighted by atomic mass is 9.86. The van der Waals surface area contributed by atoms with Crippen LogP contribution in [0.3, 0.4) is 0 Å². The number of alkyl halides is 3. The third-order valence-electron chi connectivity index (χ3n) is 4.87. The summed E-state index contributed by atoms with van der Waals surface area (Å²) in [5.74, 6) is -0.453. The third kappa shape index (κ3) is 4.28. The number of rotatable bonds is 4. The number of hydrogen-bond acceptors (Lipinski definition) is 4. The molecule has 10 heteroatoms. The van der Waals surface area contributed by atoms with Crippen molar-refractivity contribution in [1.82, 2.24) is 4.98 Å². The first-order chi connectivity index (χ1) is 15.2. The molecule has 1 amide bonds. The Balaban J connectivity index is 1.61. The van der Waals surface area contributed by atoms with E-state index in [1.54, 1.807) is 36.4 Å². The van der Waals surface area contributed by atoms with Gasteiger partial charge in [0.25, 0.3) is 11.5 Å². The molecule has 0 radical (unpaired) electrons.